The van der Waals surface area contributed by atoms with E-state index in [1.807, 2.05) is 26.0 Å². The van der Waals surface area contributed by atoms with Crippen LogP contribution in [0, 0.1) is 0 Å². The van der Waals surface area contributed by atoms with Gasteiger partial charge in [0.15, 0.2) is 0 Å². The Kier molecular flexibility index (Phi) is 5.86. The number of hydrogen-bond acceptors (Lipinski definition) is 5. The third kappa shape index (κ3) is 3.57. The maximum atomic E-state index is 13.3. The summed E-state index contributed by atoms with van der Waals surface area (Å²) < 4.78 is 10.9. The van der Waals surface area contributed by atoms with Crippen LogP contribution < -0.4 is 14.4 Å². The summed E-state index contributed by atoms with van der Waals surface area (Å²) >= 11 is 1.37. The number of carbonyl (C=O) groups is 2. The Morgan fingerprint density at radius 1 is 1.00 bits per heavy atom. The highest BCUT2D eigenvalue weighted by atomic mass is 32.2. The highest BCUT2D eigenvalue weighted by Gasteiger charge is 2.41. The number of imide groups is 1. The SMILES string of the molecule is CCOc1cccc(N2C(=O)C(SCC)=C(c3ccccc3OC)C2=O)c1. The van der Waals surface area contributed by atoms with Gasteiger partial charge in [-0.25, -0.2) is 4.90 Å². The number of rotatable bonds is 7. The van der Waals surface area contributed by atoms with E-state index in [0.29, 0.717) is 45.6 Å². The van der Waals surface area contributed by atoms with Gasteiger partial charge in [0.05, 0.1) is 29.9 Å². The molecule has 2 aromatic carbocycles. The van der Waals surface area contributed by atoms with Gasteiger partial charge in [0, 0.05) is 11.6 Å². The quantitative estimate of drug-likeness (QED) is 0.673. The number of para-hydroxylation sites is 1. The van der Waals surface area contributed by atoms with E-state index < -0.39 is 0 Å². The van der Waals surface area contributed by atoms with E-state index in [9.17, 15) is 9.59 Å². The molecule has 0 N–H and O–H groups in total. The first-order chi connectivity index (χ1) is 13.1. The number of carbonyl (C=O) groups excluding carboxylic acids is 2. The van der Waals surface area contributed by atoms with Gasteiger partial charge in [0.2, 0.25) is 0 Å². The molecule has 140 valence electrons. The first-order valence-electron chi connectivity index (χ1n) is 8.74. The molecule has 0 unspecified atom stereocenters. The zero-order valence-corrected chi connectivity index (χ0v) is 16.3. The molecule has 2 aromatic rings. The van der Waals surface area contributed by atoms with Crippen LogP contribution in [0.25, 0.3) is 5.57 Å². The Hall–Kier alpha value is -2.73. The Morgan fingerprint density at radius 3 is 2.48 bits per heavy atom. The molecule has 2 amide bonds. The number of nitrogens with zero attached hydrogens (tertiary/aromatic N) is 1. The average molecular weight is 383 g/mol. The fraction of sp³-hybridized carbons (Fsp3) is 0.238. The van der Waals surface area contributed by atoms with Crippen LogP contribution in [-0.4, -0.2) is 31.3 Å². The predicted molar refractivity (Wildman–Crippen MR) is 108 cm³/mol. The minimum absolute atomic E-state index is 0.318. The Balaban J connectivity index is 2.09. The standard InChI is InChI=1S/C21H21NO4S/c1-4-26-15-10-8-9-14(13-15)22-20(23)18(19(21(22)24)27-5-2)16-11-6-7-12-17(16)25-3/h6-13H,4-5H2,1-3H3. The molecule has 0 aromatic heterocycles. The van der Waals surface area contributed by atoms with Crippen LogP contribution in [0.1, 0.15) is 19.4 Å². The smallest absolute Gasteiger partial charge is 0.272 e. The molecule has 0 saturated heterocycles. The van der Waals surface area contributed by atoms with Crippen molar-refractivity contribution in [2.45, 2.75) is 13.8 Å². The molecule has 1 aliphatic rings. The van der Waals surface area contributed by atoms with Gasteiger partial charge < -0.3 is 9.47 Å². The van der Waals surface area contributed by atoms with Crippen molar-refractivity contribution in [2.75, 3.05) is 24.4 Å². The molecule has 6 heteroatoms. The molecule has 3 rings (SSSR count). The maximum Gasteiger partial charge on any atom is 0.272 e. The number of methoxy groups -OCH3 is 1. The number of thioether (sulfide) groups is 1. The minimum Gasteiger partial charge on any atom is -0.496 e. The van der Waals surface area contributed by atoms with Gasteiger partial charge in [-0.1, -0.05) is 31.2 Å². The van der Waals surface area contributed by atoms with Crippen LogP contribution in [0.5, 0.6) is 11.5 Å². The van der Waals surface area contributed by atoms with Crippen LogP contribution in [0.3, 0.4) is 0 Å². The summed E-state index contributed by atoms with van der Waals surface area (Å²) in [6, 6.07) is 14.3. The highest BCUT2D eigenvalue weighted by Crippen LogP contribution is 2.41. The van der Waals surface area contributed by atoms with E-state index in [-0.39, 0.29) is 11.8 Å². The second-order valence-electron chi connectivity index (χ2n) is 5.71. The molecule has 0 aliphatic carbocycles. The van der Waals surface area contributed by atoms with Gasteiger partial charge in [0.1, 0.15) is 11.5 Å². The molecular formula is C21H21NO4S. The van der Waals surface area contributed by atoms with Crippen molar-refractivity contribution in [1.29, 1.82) is 0 Å². The van der Waals surface area contributed by atoms with Gasteiger partial charge in [-0.2, -0.15) is 0 Å². The molecule has 0 atom stereocenters. The second-order valence-corrected chi connectivity index (χ2v) is 6.99. The van der Waals surface area contributed by atoms with Crippen molar-refractivity contribution in [1.82, 2.24) is 0 Å². The monoisotopic (exact) mass is 383 g/mol. The van der Waals surface area contributed by atoms with Gasteiger partial charge in [-0.05, 0) is 30.9 Å². The minimum atomic E-state index is -0.353. The fourth-order valence-electron chi connectivity index (χ4n) is 2.99. The van der Waals surface area contributed by atoms with E-state index in [2.05, 4.69) is 0 Å². The van der Waals surface area contributed by atoms with Crippen LogP contribution in [0.2, 0.25) is 0 Å². The van der Waals surface area contributed by atoms with Crippen LogP contribution in [-0.2, 0) is 9.59 Å². The average Bonchev–Trinajstić information content (AvgIpc) is 2.92. The first-order valence-corrected chi connectivity index (χ1v) is 9.73. The number of anilines is 1. The molecule has 0 saturated carbocycles. The van der Waals surface area contributed by atoms with Crippen molar-refractivity contribution in [3.05, 3.63) is 59.0 Å². The van der Waals surface area contributed by atoms with Gasteiger partial charge >= 0.3 is 0 Å². The van der Waals surface area contributed by atoms with Crippen LogP contribution in [0.15, 0.2) is 53.4 Å². The molecule has 0 fully saturated rings. The number of ether oxygens (including phenoxy) is 2. The van der Waals surface area contributed by atoms with Crippen LogP contribution in [0.4, 0.5) is 5.69 Å². The molecule has 0 spiro atoms. The molecule has 27 heavy (non-hydrogen) atoms. The Bertz CT molecular complexity index is 907. The first kappa shape index (κ1) is 19.0. The Labute approximate surface area is 163 Å². The molecule has 1 aliphatic heterocycles. The summed E-state index contributed by atoms with van der Waals surface area (Å²) in [4.78, 5) is 28.0. The normalized spacial score (nSPS) is 14.1. The van der Waals surface area contributed by atoms with Gasteiger partial charge in [-0.15, -0.1) is 11.8 Å². The lowest BCUT2D eigenvalue weighted by atomic mass is 10.0. The second kappa shape index (κ2) is 8.31. The van der Waals surface area contributed by atoms with Gasteiger partial charge in [0.25, 0.3) is 11.8 Å². The number of benzene rings is 2. The zero-order valence-electron chi connectivity index (χ0n) is 15.5. The van der Waals surface area contributed by atoms with Crippen molar-refractivity contribution in [3.8, 4) is 11.5 Å². The van der Waals surface area contributed by atoms with Crippen molar-refractivity contribution in [2.24, 2.45) is 0 Å². The van der Waals surface area contributed by atoms with E-state index >= 15 is 0 Å². The maximum absolute atomic E-state index is 13.3. The third-order valence-electron chi connectivity index (χ3n) is 4.09. The zero-order chi connectivity index (χ0) is 19.4. The molecule has 0 bridgehead atoms. The largest absolute Gasteiger partial charge is 0.496 e. The van der Waals surface area contributed by atoms with E-state index in [1.165, 1.54) is 16.7 Å². The van der Waals surface area contributed by atoms with E-state index in [4.69, 9.17) is 9.47 Å². The van der Waals surface area contributed by atoms with E-state index in [1.54, 1.807) is 43.5 Å². The third-order valence-corrected chi connectivity index (χ3v) is 5.05. The summed E-state index contributed by atoms with van der Waals surface area (Å²) in [6.45, 7) is 4.34. The van der Waals surface area contributed by atoms with Crippen LogP contribution >= 0.6 is 11.8 Å². The molecular weight excluding hydrogens is 362 g/mol. The molecule has 0 radical (unpaired) electrons. The Morgan fingerprint density at radius 2 is 1.78 bits per heavy atom. The summed E-state index contributed by atoms with van der Waals surface area (Å²) in [7, 11) is 1.55. The van der Waals surface area contributed by atoms with Crippen molar-refractivity contribution in [3.63, 3.8) is 0 Å². The summed E-state index contributed by atoms with van der Waals surface area (Å²) in [5.74, 6) is 1.19. The van der Waals surface area contributed by atoms with E-state index in [0.717, 1.165) is 0 Å². The van der Waals surface area contributed by atoms with Crippen molar-refractivity contribution < 1.29 is 19.1 Å². The lowest BCUT2D eigenvalue weighted by molar-refractivity contribution is -0.119. The summed E-state index contributed by atoms with van der Waals surface area (Å²) in [6.07, 6.45) is 0. The lowest BCUT2D eigenvalue weighted by Gasteiger charge is -2.16. The lowest BCUT2D eigenvalue weighted by Crippen LogP contribution is -2.31. The topological polar surface area (TPSA) is 55.8 Å². The molecule has 1 heterocycles. The summed E-state index contributed by atoms with van der Waals surface area (Å²) in [5, 5.41) is 0. The number of amides is 2. The number of hydrogen-bond donors (Lipinski definition) is 0. The summed E-state index contributed by atoms with van der Waals surface area (Å²) in [5.41, 5.74) is 1.50. The molecule has 5 nitrogen and oxygen atoms in total. The van der Waals surface area contributed by atoms with Gasteiger partial charge in [-0.3, -0.25) is 9.59 Å². The highest BCUT2D eigenvalue weighted by molar-refractivity contribution is 8.04. The predicted octanol–water partition coefficient (Wildman–Crippen LogP) is 4.13. The fourth-order valence-corrected chi connectivity index (χ4v) is 3.84. The van der Waals surface area contributed by atoms with Crippen molar-refractivity contribution >= 4 is 34.8 Å².